The van der Waals surface area contributed by atoms with E-state index in [9.17, 15) is 4.79 Å². The average Bonchev–Trinajstić information content (AvgIpc) is 2.69. The van der Waals surface area contributed by atoms with E-state index in [4.69, 9.17) is 0 Å². The van der Waals surface area contributed by atoms with Crippen LogP contribution in [0.25, 0.3) is 0 Å². The number of amides is 1. The van der Waals surface area contributed by atoms with Crippen LogP contribution < -0.4 is 5.32 Å². The molecule has 1 amide bonds. The van der Waals surface area contributed by atoms with Crippen molar-refractivity contribution in [3.63, 3.8) is 0 Å². The van der Waals surface area contributed by atoms with E-state index in [1.54, 1.807) is 0 Å². The smallest absolute Gasteiger partial charge is 0.241 e. The summed E-state index contributed by atoms with van der Waals surface area (Å²) in [6.07, 6.45) is 11.0. The molecule has 2 atom stereocenters. The van der Waals surface area contributed by atoms with Crippen LogP contribution in [0.2, 0.25) is 0 Å². The molecule has 0 aromatic rings. The normalized spacial score (nSPS) is 28.8. The molecule has 0 spiro atoms. The van der Waals surface area contributed by atoms with Crippen molar-refractivity contribution in [2.45, 2.75) is 90.8 Å². The lowest BCUT2D eigenvalue weighted by Crippen LogP contribution is -2.47. The third kappa shape index (κ3) is 3.19. The van der Waals surface area contributed by atoms with Gasteiger partial charge in [0.2, 0.25) is 5.91 Å². The maximum atomic E-state index is 12.7. The van der Waals surface area contributed by atoms with Gasteiger partial charge in [-0.25, -0.2) is 0 Å². The second-order valence-corrected chi connectivity index (χ2v) is 6.84. The molecule has 2 fully saturated rings. The van der Waals surface area contributed by atoms with E-state index in [0.717, 1.165) is 32.2 Å². The minimum absolute atomic E-state index is 0.0838. The molecule has 0 bridgehead atoms. The van der Waals surface area contributed by atoms with Crippen LogP contribution in [0.15, 0.2) is 0 Å². The topological polar surface area (TPSA) is 32.3 Å². The minimum atomic E-state index is 0.0838. The second-order valence-electron chi connectivity index (χ2n) is 6.84. The first-order valence-electron chi connectivity index (χ1n) is 8.72. The maximum Gasteiger partial charge on any atom is 0.241 e. The molecule has 3 nitrogen and oxygen atoms in total. The molecule has 116 valence electrons. The first-order valence-corrected chi connectivity index (χ1v) is 8.72. The molecule has 1 aliphatic carbocycles. The van der Waals surface area contributed by atoms with Crippen LogP contribution in [-0.2, 0) is 4.79 Å². The Hall–Kier alpha value is -0.570. The number of hydrogen-bond acceptors (Lipinski definition) is 2. The van der Waals surface area contributed by atoms with Crippen molar-refractivity contribution < 1.29 is 4.79 Å². The van der Waals surface area contributed by atoms with Gasteiger partial charge in [0.05, 0.1) is 12.2 Å². The van der Waals surface area contributed by atoms with E-state index >= 15 is 0 Å². The van der Waals surface area contributed by atoms with Crippen molar-refractivity contribution in [3.8, 4) is 0 Å². The Kier molecular flexibility index (Phi) is 5.48. The minimum Gasteiger partial charge on any atom is -0.325 e. The molecule has 0 aromatic carbocycles. The second kappa shape index (κ2) is 6.93. The van der Waals surface area contributed by atoms with Gasteiger partial charge in [-0.1, -0.05) is 46.5 Å². The lowest BCUT2D eigenvalue weighted by molar-refractivity contribution is -0.133. The molecule has 1 heterocycles. The lowest BCUT2D eigenvalue weighted by Gasteiger charge is -2.45. The van der Waals surface area contributed by atoms with Gasteiger partial charge in [-0.2, -0.15) is 0 Å². The fourth-order valence-corrected chi connectivity index (χ4v) is 3.72. The Morgan fingerprint density at radius 2 is 1.95 bits per heavy atom. The molecule has 20 heavy (non-hydrogen) atoms. The van der Waals surface area contributed by atoms with E-state index in [1.807, 2.05) is 0 Å². The molecule has 1 aliphatic heterocycles. The summed E-state index contributed by atoms with van der Waals surface area (Å²) >= 11 is 0. The summed E-state index contributed by atoms with van der Waals surface area (Å²) in [5, 5.41) is 3.60. The van der Waals surface area contributed by atoms with E-state index in [0.29, 0.717) is 17.5 Å². The Balaban J connectivity index is 2.01. The molecule has 2 unspecified atom stereocenters. The highest BCUT2D eigenvalue weighted by Crippen LogP contribution is 2.45. The lowest BCUT2D eigenvalue weighted by atomic mass is 9.66. The largest absolute Gasteiger partial charge is 0.325 e. The summed E-state index contributed by atoms with van der Waals surface area (Å²) in [7, 11) is 0. The Labute approximate surface area is 124 Å². The van der Waals surface area contributed by atoms with Crippen molar-refractivity contribution in [3.05, 3.63) is 0 Å². The van der Waals surface area contributed by atoms with Gasteiger partial charge in [-0.15, -0.1) is 0 Å². The van der Waals surface area contributed by atoms with Gasteiger partial charge in [-0.05, 0) is 37.5 Å². The van der Waals surface area contributed by atoms with Gasteiger partial charge < -0.3 is 4.90 Å². The highest BCUT2D eigenvalue weighted by molar-refractivity contribution is 5.84. The molecular weight excluding hydrogens is 248 g/mol. The molecular formula is C17H32N2O. The molecule has 3 heteroatoms. The van der Waals surface area contributed by atoms with Crippen LogP contribution in [0.4, 0.5) is 0 Å². The summed E-state index contributed by atoms with van der Waals surface area (Å²) in [6.45, 7) is 7.68. The number of nitrogens with zero attached hydrogens (tertiary/aromatic N) is 1. The van der Waals surface area contributed by atoms with Crippen molar-refractivity contribution in [1.29, 1.82) is 0 Å². The highest BCUT2D eigenvalue weighted by Gasteiger charge is 2.44. The highest BCUT2D eigenvalue weighted by atomic mass is 16.2. The molecule has 1 saturated carbocycles. The number of carbonyl (C=O) groups is 1. The molecule has 0 radical (unpaired) electrons. The zero-order chi connectivity index (χ0) is 14.6. The number of hydrogen-bond donors (Lipinski definition) is 1. The van der Waals surface area contributed by atoms with Crippen LogP contribution in [-0.4, -0.2) is 29.6 Å². The third-order valence-corrected chi connectivity index (χ3v) is 5.43. The van der Waals surface area contributed by atoms with Gasteiger partial charge >= 0.3 is 0 Å². The SMILES string of the molecule is CCCCC1NC(CCC)N(CC2(CC)CCC2)C1=O. The van der Waals surface area contributed by atoms with Gasteiger partial charge in [-0.3, -0.25) is 10.1 Å². The Morgan fingerprint density at radius 1 is 1.20 bits per heavy atom. The summed E-state index contributed by atoms with van der Waals surface area (Å²) in [6, 6.07) is 0.0838. The monoisotopic (exact) mass is 280 g/mol. The van der Waals surface area contributed by atoms with Gasteiger partial charge in [0.15, 0.2) is 0 Å². The Morgan fingerprint density at radius 3 is 2.45 bits per heavy atom. The van der Waals surface area contributed by atoms with Gasteiger partial charge in [0, 0.05) is 6.54 Å². The van der Waals surface area contributed by atoms with Crippen LogP contribution in [0, 0.1) is 5.41 Å². The number of rotatable bonds is 8. The zero-order valence-corrected chi connectivity index (χ0v) is 13.6. The quantitative estimate of drug-likeness (QED) is 0.735. The van der Waals surface area contributed by atoms with Crippen LogP contribution in [0.5, 0.6) is 0 Å². The first kappa shape index (κ1) is 15.8. The standard InChI is InChI=1S/C17H32N2O/c1-4-7-10-14-16(20)19(15(18-14)9-5-2)13-17(6-3)11-8-12-17/h14-15,18H,4-13H2,1-3H3. The van der Waals surface area contributed by atoms with E-state index in [1.165, 1.54) is 32.1 Å². The fraction of sp³-hybridized carbons (Fsp3) is 0.941. The van der Waals surface area contributed by atoms with Crippen molar-refractivity contribution >= 4 is 5.91 Å². The van der Waals surface area contributed by atoms with Gasteiger partial charge in [0.25, 0.3) is 0 Å². The third-order valence-electron chi connectivity index (χ3n) is 5.43. The van der Waals surface area contributed by atoms with E-state index < -0.39 is 0 Å². The average molecular weight is 280 g/mol. The zero-order valence-electron chi connectivity index (χ0n) is 13.6. The maximum absolute atomic E-state index is 12.7. The van der Waals surface area contributed by atoms with Gasteiger partial charge in [0.1, 0.15) is 0 Å². The first-order chi connectivity index (χ1) is 9.65. The summed E-state index contributed by atoms with van der Waals surface area (Å²) in [5.74, 6) is 0.372. The number of nitrogens with one attached hydrogen (secondary N) is 1. The molecule has 2 rings (SSSR count). The van der Waals surface area contributed by atoms with Crippen LogP contribution in [0.1, 0.15) is 78.6 Å². The predicted molar refractivity (Wildman–Crippen MR) is 83.4 cm³/mol. The van der Waals surface area contributed by atoms with E-state index in [-0.39, 0.29) is 6.04 Å². The van der Waals surface area contributed by atoms with Crippen LogP contribution >= 0.6 is 0 Å². The van der Waals surface area contributed by atoms with Crippen molar-refractivity contribution in [1.82, 2.24) is 10.2 Å². The molecule has 1 saturated heterocycles. The predicted octanol–water partition coefficient (Wildman–Crippen LogP) is 3.68. The Bertz CT molecular complexity index is 319. The van der Waals surface area contributed by atoms with E-state index in [2.05, 4.69) is 31.0 Å². The molecule has 0 aromatic heterocycles. The molecule has 1 N–H and O–H groups in total. The van der Waals surface area contributed by atoms with Crippen molar-refractivity contribution in [2.75, 3.05) is 6.54 Å². The van der Waals surface area contributed by atoms with Crippen molar-refractivity contribution in [2.24, 2.45) is 5.41 Å². The number of carbonyl (C=O) groups excluding carboxylic acids is 1. The summed E-state index contributed by atoms with van der Waals surface area (Å²) in [5.41, 5.74) is 0.434. The summed E-state index contributed by atoms with van der Waals surface area (Å²) < 4.78 is 0. The fourth-order valence-electron chi connectivity index (χ4n) is 3.72. The number of unbranched alkanes of at least 4 members (excludes halogenated alkanes) is 1. The molecule has 2 aliphatic rings. The van der Waals surface area contributed by atoms with Crippen LogP contribution in [0.3, 0.4) is 0 Å². The summed E-state index contributed by atoms with van der Waals surface area (Å²) in [4.78, 5) is 14.9.